The molecule has 0 aliphatic carbocycles. The summed E-state index contributed by atoms with van der Waals surface area (Å²) in [6.45, 7) is 1.54. The van der Waals surface area contributed by atoms with E-state index in [0.717, 1.165) is 0 Å². The highest BCUT2D eigenvalue weighted by Gasteiger charge is 2.14. The maximum atomic E-state index is 10.4. The van der Waals surface area contributed by atoms with Gasteiger partial charge >= 0.3 is 5.97 Å². The molecule has 0 fully saturated rings. The first-order valence-electron chi connectivity index (χ1n) is 3.14. The lowest BCUT2D eigenvalue weighted by molar-refractivity contribution is -0.140. The molecule has 0 spiro atoms. The van der Waals surface area contributed by atoms with Crippen LogP contribution in [0.3, 0.4) is 0 Å². The predicted octanol–water partition coefficient (Wildman–Crippen LogP) is 0.111. The average Bonchev–Trinajstić information content (AvgIpc) is 2.33. The Morgan fingerprint density at radius 2 is 2.55 bits per heavy atom. The van der Waals surface area contributed by atoms with E-state index in [1.807, 2.05) is 0 Å². The number of nitrogens with zero attached hydrogens (tertiary/aromatic N) is 2. The van der Waals surface area contributed by atoms with Gasteiger partial charge < -0.3 is 15.4 Å². The van der Waals surface area contributed by atoms with E-state index >= 15 is 0 Å². The fraction of sp³-hybridized carbons (Fsp3) is 0.333. The van der Waals surface area contributed by atoms with E-state index in [4.69, 9.17) is 10.8 Å². The van der Waals surface area contributed by atoms with Gasteiger partial charge in [-0.3, -0.25) is 0 Å². The smallest absolute Gasteiger partial charge is 0.326 e. The lowest BCUT2D eigenvalue weighted by Crippen LogP contribution is -2.16. The normalized spacial score (nSPS) is 12.8. The highest BCUT2D eigenvalue weighted by atomic mass is 16.4. The zero-order valence-electron chi connectivity index (χ0n) is 6.06. The van der Waals surface area contributed by atoms with Crippen molar-refractivity contribution in [1.82, 2.24) is 9.55 Å². The molecule has 0 radical (unpaired) electrons. The number of carbonyl (C=O) groups is 1. The molecule has 11 heavy (non-hydrogen) atoms. The molecule has 1 aromatic rings. The third-order valence-corrected chi connectivity index (χ3v) is 1.47. The zero-order valence-corrected chi connectivity index (χ0v) is 6.06. The number of anilines is 1. The lowest BCUT2D eigenvalue weighted by atomic mass is 10.3. The summed E-state index contributed by atoms with van der Waals surface area (Å²) in [6.07, 6.45) is 3.00. The second-order valence-electron chi connectivity index (χ2n) is 2.21. The van der Waals surface area contributed by atoms with E-state index in [-0.39, 0.29) is 5.95 Å². The van der Waals surface area contributed by atoms with Crippen molar-refractivity contribution in [1.29, 1.82) is 0 Å². The Bertz CT molecular complexity index is 269. The van der Waals surface area contributed by atoms with Crippen LogP contribution in [0.4, 0.5) is 5.95 Å². The highest BCUT2D eigenvalue weighted by molar-refractivity contribution is 5.71. The summed E-state index contributed by atoms with van der Waals surface area (Å²) in [4.78, 5) is 14.1. The molecule has 60 valence electrons. The van der Waals surface area contributed by atoms with Crippen LogP contribution in [-0.2, 0) is 4.79 Å². The van der Waals surface area contributed by atoms with Gasteiger partial charge in [0, 0.05) is 12.4 Å². The Kier molecular flexibility index (Phi) is 1.80. The summed E-state index contributed by atoms with van der Waals surface area (Å²) < 4.78 is 1.39. The number of hydrogen-bond acceptors (Lipinski definition) is 3. The fourth-order valence-electron chi connectivity index (χ4n) is 0.771. The summed E-state index contributed by atoms with van der Waals surface area (Å²) in [5.74, 6) is -0.699. The minimum atomic E-state index is -0.922. The third-order valence-electron chi connectivity index (χ3n) is 1.47. The van der Waals surface area contributed by atoms with Gasteiger partial charge in [0.1, 0.15) is 6.04 Å². The quantitative estimate of drug-likeness (QED) is 0.635. The second kappa shape index (κ2) is 2.61. The topological polar surface area (TPSA) is 81.1 Å². The Hall–Kier alpha value is -1.52. The predicted molar refractivity (Wildman–Crippen MR) is 39.0 cm³/mol. The summed E-state index contributed by atoms with van der Waals surface area (Å²) in [5, 5.41) is 8.57. The van der Waals surface area contributed by atoms with Crippen LogP contribution in [0.15, 0.2) is 12.4 Å². The molecular formula is C6H9N3O2. The van der Waals surface area contributed by atoms with Gasteiger partial charge in [-0.1, -0.05) is 0 Å². The monoisotopic (exact) mass is 155 g/mol. The largest absolute Gasteiger partial charge is 0.480 e. The number of carboxylic acids is 1. The molecule has 0 saturated carbocycles. The zero-order chi connectivity index (χ0) is 8.43. The van der Waals surface area contributed by atoms with Gasteiger partial charge in [-0.15, -0.1) is 0 Å². The Labute approximate surface area is 63.5 Å². The molecule has 5 nitrogen and oxygen atoms in total. The van der Waals surface area contributed by atoms with Crippen molar-refractivity contribution in [2.24, 2.45) is 0 Å². The molecule has 0 saturated heterocycles. The number of nitrogens with two attached hydrogens (primary N) is 1. The van der Waals surface area contributed by atoms with Crippen molar-refractivity contribution < 1.29 is 9.90 Å². The minimum absolute atomic E-state index is 0.222. The molecule has 0 aliphatic rings. The standard InChI is InChI=1S/C6H9N3O2/c1-4(5(10)11)9-3-2-8-6(9)7/h2-4H,1H3,(H2,7,8)(H,10,11). The van der Waals surface area contributed by atoms with Gasteiger partial charge in [-0.25, -0.2) is 9.78 Å². The number of nitrogen functional groups attached to an aromatic ring is 1. The molecule has 1 atom stereocenters. The van der Waals surface area contributed by atoms with Crippen molar-refractivity contribution in [3.63, 3.8) is 0 Å². The number of aromatic nitrogens is 2. The minimum Gasteiger partial charge on any atom is -0.480 e. The Morgan fingerprint density at radius 1 is 1.91 bits per heavy atom. The van der Waals surface area contributed by atoms with Gasteiger partial charge in [0.15, 0.2) is 0 Å². The number of aliphatic carboxylic acids is 1. The maximum absolute atomic E-state index is 10.4. The molecule has 0 aliphatic heterocycles. The number of imidazole rings is 1. The van der Waals surface area contributed by atoms with Crippen LogP contribution in [0.5, 0.6) is 0 Å². The van der Waals surface area contributed by atoms with Crippen LogP contribution >= 0.6 is 0 Å². The molecule has 1 aromatic heterocycles. The first-order chi connectivity index (χ1) is 5.13. The summed E-state index contributed by atoms with van der Waals surface area (Å²) >= 11 is 0. The van der Waals surface area contributed by atoms with Crippen LogP contribution in [-0.4, -0.2) is 20.6 Å². The fourth-order valence-corrected chi connectivity index (χ4v) is 0.771. The maximum Gasteiger partial charge on any atom is 0.326 e. The molecular weight excluding hydrogens is 146 g/mol. The van der Waals surface area contributed by atoms with Crippen molar-refractivity contribution in [2.45, 2.75) is 13.0 Å². The van der Waals surface area contributed by atoms with Crippen LogP contribution < -0.4 is 5.73 Å². The molecule has 5 heteroatoms. The van der Waals surface area contributed by atoms with E-state index in [2.05, 4.69) is 4.98 Å². The van der Waals surface area contributed by atoms with Crippen LogP contribution in [0, 0.1) is 0 Å². The number of carboxylic acid groups (broad SMARTS) is 1. The van der Waals surface area contributed by atoms with Crippen LogP contribution in [0.1, 0.15) is 13.0 Å². The first kappa shape index (κ1) is 7.59. The van der Waals surface area contributed by atoms with Crippen molar-refractivity contribution in [3.05, 3.63) is 12.4 Å². The van der Waals surface area contributed by atoms with E-state index in [1.54, 1.807) is 6.92 Å². The van der Waals surface area contributed by atoms with E-state index in [1.165, 1.54) is 17.0 Å². The van der Waals surface area contributed by atoms with Gasteiger partial charge in [0.05, 0.1) is 0 Å². The molecule has 1 rings (SSSR count). The molecule has 0 bridgehead atoms. The average molecular weight is 155 g/mol. The lowest BCUT2D eigenvalue weighted by Gasteiger charge is -2.08. The van der Waals surface area contributed by atoms with Crippen LogP contribution in [0.25, 0.3) is 0 Å². The first-order valence-corrected chi connectivity index (χ1v) is 3.14. The van der Waals surface area contributed by atoms with Gasteiger partial charge in [-0.2, -0.15) is 0 Å². The third kappa shape index (κ3) is 1.31. The SMILES string of the molecule is CC(C(=O)O)n1ccnc1N. The van der Waals surface area contributed by atoms with Crippen molar-refractivity contribution >= 4 is 11.9 Å². The highest BCUT2D eigenvalue weighted by Crippen LogP contribution is 2.09. The second-order valence-corrected chi connectivity index (χ2v) is 2.21. The summed E-state index contributed by atoms with van der Waals surface area (Å²) in [5.41, 5.74) is 5.37. The van der Waals surface area contributed by atoms with Gasteiger partial charge in [0.2, 0.25) is 5.95 Å². The van der Waals surface area contributed by atoms with Crippen molar-refractivity contribution in [2.75, 3.05) is 5.73 Å². The summed E-state index contributed by atoms with van der Waals surface area (Å²) in [7, 11) is 0. The number of rotatable bonds is 2. The van der Waals surface area contributed by atoms with Crippen LogP contribution in [0.2, 0.25) is 0 Å². The van der Waals surface area contributed by atoms with Gasteiger partial charge in [-0.05, 0) is 6.92 Å². The number of hydrogen-bond donors (Lipinski definition) is 2. The molecule has 3 N–H and O–H groups in total. The molecule has 1 heterocycles. The molecule has 1 unspecified atom stereocenters. The van der Waals surface area contributed by atoms with Crippen molar-refractivity contribution in [3.8, 4) is 0 Å². The molecule has 0 aromatic carbocycles. The van der Waals surface area contributed by atoms with Gasteiger partial charge in [0.25, 0.3) is 0 Å². The van der Waals surface area contributed by atoms with E-state index in [9.17, 15) is 4.79 Å². The Balaban J connectivity index is 2.92. The Morgan fingerprint density at radius 3 is 2.91 bits per heavy atom. The summed E-state index contributed by atoms with van der Waals surface area (Å²) in [6, 6.07) is -0.655. The van der Waals surface area contributed by atoms with E-state index < -0.39 is 12.0 Å². The van der Waals surface area contributed by atoms with E-state index in [0.29, 0.717) is 0 Å². The molecule has 0 amide bonds.